The Kier molecular flexibility index (Phi) is 6.01. The molecule has 1 aromatic heterocycles. The first-order valence-electron chi connectivity index (χ1n) is 8.94. The van der Waals surface area contributed by atoms with Crippen molar-refractivity contribution >= 4 is 27.3 Å². The van der Waals surface area contributed by atoms with Gasteiger partial charge in [0.05, 0.1) is 25.2 Å². The van der Waals surface area contributed by atoms with Gasteiger partial charge in [0, 0.05) is 6.04 Å². The summed E-state index contributed by atoms with van der Waals surface area (Å²) < 4.78 is 38.5. The summed E-state index contributed by atoms with van der Waals surface area (Å²) in [6.07, 6.45) is 1.61. The molecule has 0 aliphatic heterocycles. The Balaban J connectivity index is 1.92. The summed E-state index contributed by atoms with van der Waals surface area (Å²) in [6, 6.07) is 3.37. The molecule has 2 aromatic rings. The minimum atomic E-state index is -3.74. The van der Waals surface area contributed by atoms with E-state index >= 15 is 0 Å². The Hall–Kier alpha value is -2.04. The summed E-state index contributed by atoms with van der Waals surface area (Å²) in [6.45, 7) is 5.55. The molecule has 3 rings (SSSR count). The Labute approximate surface area is 168 Å². The van der Waals surface area contributed by atoms with Gasteiger partial charge >= 0.3 is 5.97 Å². The molecular weight excluding hydrogens is 402 g/mol. The Bertz CT molecular complexity index is 960. The molecule has 8 nitrogen and oxygen atoms in total. The number of hydrogen-bond acceptors (Lipinski definition) is 8. The van der Waals surface area contributed by atoms with Crippen LogP contribution in [-0.4, -0.2) is 48.6 Å². The van der Waals surface area contributed by atoms with Crippen LogP contribution in [0.25, 0.3) is 0 Å². The van der Waals surface area contributed by atoms with Crippen molar-refractivity contribution in [2.24, 2.45) is 0 Å². The van der Waals surface area contributed by atoms with Crippen LogP contribution in [0.1, 0.15) is 45.7 Å². The molecule has 1 aromatic carbocycles. The number of carbonyl (C=O) groups excluding carboxylic acids is 1. The maximum absolute atomic E-state index is 13.5. The highest BCUT2D eigenvalue weighted by Crippen LogP contribution is 2.36. The highest BCUT2D eigenvalue weighted by molar-refractivity contribution is 7.89. The largest absolute Gasteiger partial charge is 0.497 e. The van der Waals surface area contributed by atoms with Gasteiger partial charge < -0.3 is 9.47 Å². The molecule has 10 heteroatoms. The molecule has 0 spiro atoms. The van der Waals surface area contributed by atoms with Gasteiger partial charge in [0.2, 0.25) is 15.0 Å². The van der Waals surface area contributed by atoms with Crippen LogP contribution in [0.3, 0.4) is 0 Å². The number of sulfonamides is 1. The zero-order valence-corrected chi connectivity index (χ0v) is 17.9. The van der Waals surface area contributed by atoms with Gasteiger partial charge in [0.15, 0.2) is 0 Å². The normalized spacial score (nSPS) is 14.3. The van der Waals surface area contributed by atoms with Gasteiger partial charge in [-0.3, -0.25) is 0 Å². The van der Waals surface area contributed by atoms with E-state index in [1.54, 1.807) is 40.0 Å². The second-order valence-electron chi connectivity index (χ2n) is 6.59. The number of ether oxygens (including phenoxy) is 2. The molecule has 28 heavy (non-hydrogen) atoms. The van der Waals surface area contributed by atoms with E-state index in [1.807, 2.05) is 0 Å². The fraction of sp³-hybridized carbons (Fsp3) is 0.500. The van der Waals surface area contributed by atoms with Crippen molar-refractivity contribution in [1.82, 2.24) is 14.5 Å². The lowest BCUT2D eigenvalue weighted by atomic mass is 10.1. The molecule has 1 heterocycles. The third-order valence-corrected chi connectivity index (χ3v) is 7.49. The van der Waals surface area contributed by atoms with E-state index in [0.29, 0.717) is 21.9 Å². The highest BCUT2D eigenvalue weighted by atomic mass is 32.2. The monoisotopic (exact) mass is 425 g/mol. The average Bonchev–Trinajstić information content (AvgIpc) is 3.35. The minimum absolute atomic E-state index is 0.0687. The van der Waals surface area contributed by atoms with Crippen LogP contribution >= 0.6 is 11.3 Å². The number of benzene rings is 1. The SMILES string of the molecule is CCOC(=O)c1nnc(CN(C2CC2)S(=O)(=O)c2c(C)cc(OC)cc2C)s1. The fourth-order valence-corrected chi connectivity index (χ4v) is 5.93. The lowest BCUT2D eigenvalue weighted by Crippen LogP contribution is -2.33. The first-order chi connectivity index (χ1) is 13.3. The fourth-order valence-electron chi connectivity index (χ4n) is 3.05. The highest BCUT2D eigenvalue weighted by Gasteiger charge is 2.40. The Morgan fingerprint density at radius 1 is 1.25 bits per heavy atom. The van der Waals surface area contributed by atoms with E-state index in [-0.39, 0.29) is 29.1 Å². The first kappa shape index (κ1) is 20.7. The number of aryl methyl sites for hydroxylation is 2. The molecule has 0 amide bonds. The van der Waals surface area contributed by atoms with Crippen molar-refractivity contribution in [3.05, 3.63) is 33.3 Å². The van der Waals surface area contributed by atoms with E-state index in [2.05, 4.69) is 10.2 Å². The molecule has 152 valence electrons. The van der Waals surface area contributed by atoms with E-state index < -0.39 is 16.0 Å². The topological polar surface area (TPSA) is 98.7 Å². The lowest BCUT2D eigenvalue weighted by Gasteiger charge is -2.23. The van der Waals surface area contributed by atoms with Crippen LogP contribution < -0.4 is 4.74 Å². The zero-order chi connectivity index (χ0) is 20.5. The van der Waals surface area contributed by atoms with Crippen LogP contribution in [0.5, 0.6) is 5.75 Å². The van der Waals surface area contributed by atoms with E-state index in [1.165, 1.54) is 4.31 Å². The maximum Gasteiger partial charge on any atom is 0.369 e. The van der Waals surface area contributed by atoms with Gasteiger partial charge in [-0.15, -0.1) is 10.2 Å². The van der Waals surface area contributed by atoms with Crippen LogP contribution in [0.15, 0.2) is 17.0 Å². The number of aromatic nitrogens is 2. The van der Waals surface area contributed by atoms with Gasteiger partial charge in [-0.2, -0.15) is 4.31 Å². The van der Waals surface area contributed by atoms with Crippen molar-refractivity contribution in [3.63, 3.8) is 0 Å². The summed E-state index contributed by atoms with van der Waals surface area (Å²) in [7, 11) is -2.19. The summed E-state index contributed by atoms with van der Waals surface area (Å²) >= 11 is 1.06. The molecule has 1 aliphatic rings. The Morgan fingerprint density at radius 3 is 2.43 bits per heavy atom. The molecule has 0 saturated heterocycles. The van der Waals surface area contributed by atoms with Crippen LogP contribution in [0.2, 0.25) is 0 Å². The standard InChI is InChI=1S/C18H23N3O5S2/c1-5-26-18(22)17-20-19-15(27-17)10-21(13-6-7-13)28(23,24)16-11(2)8-14(25-4)9-12(16)3/h8-9,13H,5-7,10H2,1-4H3. The zero-order valence-electron chi connectivity index (χ0n) is 16.3. The van der Waals surface area contributed by atoms with Crippen molar-refractivity contribution in [3.8, 4) is 5.75 Å². The average molecular weight is 426 g/mol. The molecule has 0 atom stereocenters. The van der Waals surface area contributed by atoms with Crippen LogP contribution in [-0.2, 0) is 21.3 Å². The van der Waals surface area contributed by atoms with Gasteiger partial charge in [-0.05, 0) is 56.9 Å². The minimum Gasteiger partial charge on any atom is -0.497 e. The molecule has 1 saturated carbocycles. The molecule has 0 radical (unpaired) electrons. The molecular formula is C18H23N3O5S2. The van der Waals surface area contributed by atoms with Crippen molar-refractivity contribution in [1.29, 1.82) is 0 Å². The summed E-state index contributed by atoms with van der Waals surface area (Å²) in [5.74, 6) is 0.0732. The summed E-state index contributed by atoms with van der Waals surface area (Å²) in [4.78, 5) is 12.1. The predicted molar refractivity (Wildman–Crippen MR) is 104 cm³/mol. The smallest absolute Gasteiger partial charge is 0.369 e. The second kappa shape index (κ2) is 8.14. The second-order valence-corrected chi connectivity index (χ2v) is 9.48. The molecule has 1 aliphatic carbocycles. The number of methoxy groups -OCH3 is 1. The van der Waals surface area contributed by atoms with E-state index in [0.717, 1.165) is 24.2 Å². The van der Waals surface area contributed by atoms with E-state index in [4.69, 9.17) is 9.47 Å². The van der Waals surface area contributed by atoms with Gasteiger partial charge in [0.1, 0.15) is 10.8 Å². The van der Waals surface area contributed by atoms with Crippen LogP contribution in [0, 0.1) is 13.8 Å². The number of hydrogen-bond donors (Lipinski definition) is 0. The maximum atomic E-state index is 13.5. The summed E-state index contributed by atoms with van der Waals surface area (Å²) in [5.41, 5.74) is 1.26. The van der Waals surface area contributed by atoms with Crippen molar-refractivity contribution in [2.75, 3.05) is 13.7 Å². The molecule has 0 N–H and O–H groups in total. The number of carbonyl (C=O) groups is 1. The first-order valence-corrected chi connectivity index (χ1v) is 11.2. The van der Waals surface area contributed by atoms with Gasteiger partial charge in [-0.1, -0.05) is 11.3 Å². The molecule has 0 unspecified atom stereocenters. The van der Waals surface area contributed by atoms with E-state index in [9.17, 15) is 13.2 Å². The number of rotatable bonds is 8. The van der Waals surface area contributed by atoms with Gasteiger partial charge in [0.25, 0.3) is 0 Å². The predicted octanol–water partition coefficient (Wildman–Crippen LogP) is 2.69. The molecule has 1 fully saturated rings. The number of esters is 1. The molecule has 0 bridgehead atoms. The van der Waals surface area contributed by atoms with Gasteiger partial charge in [-0.25, -0.2) is 13.2 Å². The Morgan fingerprint density at radius 2 is 1.89 bits per heavy atom. The third kappa shape index (κ3) is 4.18. The quantitative estimate of drug-likeness (QED) is 0.600. The summed E-state index contributed by atoms with van der Waals surface area (Å²) in [5, 5.41) is 8.41. The number of nitrogens with zero attached hydrogens (tertiary/aromatic N) is 3. The van der Waals surface area contributed by atoms with Crippen molar-refractivity contribution < 1.29 is 22.7 Å². The van der Waals surface area contributed by atoms with Crippen LogP contribution in [0.4, 0.5) is 0 Å². The lowest BCUT2D eigenvalue weighted by molar-refractivity contribution is 0.0525. The van der Waals surface area contributed by atoms with Crippen molar-refractivity contribution in [2.45, 2.75) is 51.1 Å². The third-order valence-electron chi connectivity index (χ3n) is 4.40.